The maximum atomic E-state index is 13.6. The lowest BCUT2D eigenvalue weighted by Gasteiger charge is -2.25. The van der Waals surface area contributed by atoms with Crippen LogP contribution in [0, 0.1) is 25.7 Å². The number of amides is 1. The van der Waals surface area contributed by atoms with Crippen LogP contribution in [-0.2, 0) is 17.1 Å². The number of sulfonamides is 1. The van der Waals surface area contributed by atoms with Gasteiger partial charge in [-0.15, -0.1) is 0 Å². The van der Waals surface area contributed by atoms with Gasteiger partial charge in [-0.3, -0.25) is 24.1 Å². The number of benzene rings is 1. The minimum Gasteiger partial charge on any atom is -0.377 e. The smallest absolute Gasteiger partial charge is 0.285 e. The average molecular weight is 623 g/mol. The fraction of sp³-hybridized carbons (Fsp3) is 0.379. The Balaban J connectivity index is 1.32. The third-order valence-electron chi connectivity index (χ3n) is 8.14. The van der Waals surface area contributed by atoms with Gasteiger partial charge in [0.2, 0.25) is 16.0 Å². The van der Waals surface area contributed by atoms with Gasteiger partial charge >= 0.3 is 0 Å². The third kappa shape index (κ3) is 5.54. The minimum atomic E-state index is -3.83. The summed E-state index contributed by atoms with van der Waals surface area (Å²) in [5.41, 5.74) is 4.03. The lowest BCUT2D eigenvalue weighted by molar-refractivity contribution is 0.0977. The van der Waals surface area contributed by atoms with Gasteiger partial charge in [-0.2, -0.15) is 0 Å². The van der Waals surface area contributed by atoms with Crippen molar-refractivity contribution in [3.8, 4) is 0 Å². The fourth-order valence-corrected chi connectivity index (χ4v) is 6.69. The molecule has 0 spiro atoms. The van der Waals surface area contributed by atoms with Crippen LogP contribution in [0.3, 0.4) is 0 Å². The van der Waals surface area contributed by atoms with Crippen molar-refractivity contribution in [3.63, 3.8) is 0 Å². The van der Waals surface area contributed by atoms with Gasteiger partial charge in [-0.05, 0) is 56.4 Å². The molecule has 43 heavy (non-hydrogen) atoms. The zero-order chi connectivity index (χ0) is 30.8. The molecule has 1 aliphatic heterocycles. The zero-order valence-corrected chi connectivity index (χ0v) is 25.9. The summed E-state index contributed by atoms with van der Waals surface area (Å²) in [6.45, 7) is 7.23. The Hall–Kier alpha value is -4.10. The molecule has 6 rings (SSSR count). The van der Waals surface area contributed by atoms with Crippen molar-refractivity contribution in [1.82, 2.24) is 29.2 Å². The Morgan fingerprint density at radius 2 is 1.81 bits per heavy atom. The van der Waals surface area contributed by atoms with E-state index in [1.807, 2.05) is 43.8 Å². The molecule has 1 saturated carbocycles. The molecule has 0 radical (unpaired) electrons. The first-order valence-electron chi connectivity index (χ1n) is 13.8. The standard InChI is InChI=1S/C29H31ClN8O4S/c1-14-8-17(16(3)33-21-6-7-23(30)34-26(21)27(39)36-43(5,41)42)25-18(9-14)28(40)37(4)29(35-25)38-12-19-20(13-38)24(19)22-11-31-15(2)10-32-22/h6-11,16,19-20,24,33H,12-13H2,1-5H3,(H,36,39)/t16-,19-,20+,24?/m1/s1. The summed E-state index contributed by atoms with van der Waals surface area (Å²) in [5, 5.41) is 3.77. The lowest BCUT2D eigenvalue weighted by atomic mass is 10.0. The first-order valence-corrected chi connectivity index (χ1v) is 16.1. The summed E-state index contributed by atoms with van der Waals surface area (Å²) in [6, 6.07) is 6.39. The maximum absolute atomic E-state index is 13.6. The lowest BCUT2D eigenvalue weighted by Crippen LogP contribution is -2.32. The highest BCUT2D eigenvalue weighted by molar-refractivity contribution is 7.89. The van der Waals surface area contributed by atoms with Crippen LogP contribution in [0.1, 0.15) is 51.9 Å². The molecule has 2 aliphatic rings. The SMILES string of the molecule is Cc1cc([C@@H](C)Nc2ccc(Cl)nc2C(=O)NS(C)(=O)=O)c2nc(N3C[C@@H]4C(c5cnc(C)cn5)[C@@H]4C3)n(C)c(=O)c2c1. The Bertz CT molecular complexity index is 1940. The highest BCUT2D eigenvalue weighted by atomic mass is 35.5. The van der Waals surface area contributed by atoms with Gasteiger partial charge in [0, 0.05) is 44.0 Å². The molecule has 12 nitrogen and oxygen atoms in total. The highest BCUT2D eigenvalue weighted by Gasteiger charge is 2.57. The minimum absolute atomic E-state index is 0.0352. The second-order valence-corrected chi connectivity index (χ2v) is 13.6. The summed E-state index contributed by atoms with van der Waals surface area (Å²) in [5.74, 6) is 0.905. The van der Waals surface area contributed by atoms with E-state index in [9.17, 15) is 18.0 Å². The number of anilines is 2. The summed E-state index contributed by atoms with van der Waals surface area (Å²) in [6.07, 6.45) is 4.55. The van der Waals surface area contributed by atoms with Gasteiger partial charge in [0.05, 0.1) is 40.3 Å². The third-order valence-corrected chi connectivity index (χ3v) is 8.91. The molecule has 1 aromatic carbocycles. The average Bonchev–Trinajstić information content (AvgIpc) is 3.43. The number of aromatic nitrogens is 5. The van der Waals surface area contributed by atoms with Crippen LogP contribution in [0.15, 0.2) is 41.5 Å². The molecule has 224 valence electrons. The Morgan fingerprint density at radius 1 is 1.09 bits per heavy atom. The maximum Gasteiger partial charge on any atom is 0.285 e. The number of rotatable bonds is 7. The molecule has 4 atom stereocenters. The van der Waals surface area contributed by atoms with Crippen molar-refractivity contribution in [1.29, 1.82) is 0 Å². The number of halogens is 1. The molecule has 14 heteroatoms. The van der Waals surface area contributed by atoms with Gasteiger partial charge in [0.25, 0.3) is 11.5 Å². The first kappa shape index (κ1) is 29.0. The van der Waals surface area contributed by atoms with E-state index in [2.05, 4.69) is 25.2 Å². The molecule has 0 bridgehead atoms. The molecule has 2 fully saturated rings. The second-order valence-electron chi connectivity index (χ2n) is 11.5. The first-order chi connectivity index (χ1) is 20.3. The fourth-order valence-electron chi connectivity index (χ4n) is 6.11. The Morgan fingerprint density at radius 3 is 2.47 bits per heavy atom. The van der Waals surface area contributed by atoms with E-state index in [0.29, 0.717) is 34.6 Å². The van der Waals surface area contributed by atoms with Gasteiger partial charge in [-0.1, -0.05) is 17.7 Å². The van der Waals surface area contributed by atoms with Crippen LogP contribution < -0.4 is 20.5 Å². The molecular formula is C29H31ClN8O4S. The predicted octanol–water partition coefficient (Wildman–Crippen LogP) is 3.10. The van der Waals surface area contributed by atoms with Gasteiger partial charge < -0.3 is 10.2 Å². The van der Waals surface area contributed by atoms with Crippen molar-refractivity contribution in [2.45, 2.75) is 32.7 Å². The van der Waals surface area contributed by atoms with Crippen molar-refractivity contribution >= 4 is 50.1 Å². The number of nitrogens with one attached hydrogen (secondary N) is 2. The quantitative estimate of drug-likeness (QED) is 0.294. The number of carbonyl (C=O) groups is 1. The largest absolute Gasteiger partial charge is 0.377 e. The van der Waals surface area contributed by atoms with E-state index in [1.165, 1.54) is 6.07 Å². The molecule has 2 N–H and O–H groups in total. The Labute approximate surface area is 253 Å². The van der Waals surface area contributed by atoms with Crippen molar-refractivity contribution in [2.75, 3.05) is 29.6 Å². The van der Waals surface area contributed by atoms with Crippen LogP contribution in [0.25, 0.3) is 10.9 Å². The molecule has 1 aliphatic carbocycles. The van der Waals surface area contributed by atoms with Crippen molar-refractivity contribution < 1.29 is 13.2 Å². The van der Waals surface area contributed by atoms with Crippen LogP contribution in [0.5, 0.6) is 0 Å². The van der Waals surface area contributed by atoms with E-state index in [0.717, 1.165) is 41.9 Å². The molecule has 1 saturated heterocycles. The van der Waals surface area contributed by atoms with Gasteiger partial charge in [0.15, 0.2) is 5.69 Å². The topological polar surface area (TPSA) is 152 Å². The predicted molar refractivity (Wildman–Crippen MR) is 164 cm³/mol. The number of carbonyl (C=O) groups excluding carboxylic acids is 1. The number of pyridine rings is 1. The number of nitrogens with zero attached hydrogens (tertiary/aromatic N) is 6. The monoisotopic (exact) mass is 622 g/mol. The summed E-state index contributed by atoms with van der Waals surface area (Å²) in [7, 11) is -2.09. The zero-order valence-electron chi connectivity index (χ0n) is 24.3. The van der Waals surface area contributed by atoms with E-state index >= 15 is 0 Å². The van der Waals surface area contributed by atoms with E-state index in [-0.39, 0.29) is 22.1 Å². The number of aryl methyl sites for hydroxylation is 2. The van der Waals surface area contributed by atoms with E-state index in [1.54, 1.807) is 23.9 Å². The van der Waals surface area contributed by atoms with E-state index < -0.39 is 22.0 Å². The van der Waals surface area contributed by atoms with Crippen LogP contribution in [-0.4, -0.2) is 58.2 Å². The number of hydrogen-bond donors (Lipinski definition) is 2. The van der Waals surface area contributed by atoms with Gasteiger partial charge in [-0.25, -0.2) is 23.1 Å². The number of piperidine rings is 1. The summed E-state index contributed by atoms with van der Waals surface area (Å²) >= 11 is 6.03. The second kappa shape index (κ2) is 10.6. The highest BCUT2D eigenvalue weighted by Crippen LogP contribution is 2.58. The summed E-state index contributed by atoms with van der Waals surface area (Å²) < 4.78 is 26.9. The molecular weight excluding hydrogens is 592 g/mol. The normalized spacial score (nSPS) is 20.1. The van der Waals surface area contributed by atoms with E-state index in [4.69, 9.17) is 16.6 Å². The van der Waals surface area contributed by atoms with Crippen molar-refractivity contribution in [2.24, 2.45) is 18.9 Å². The van der Waals surface area contributed by atoms with Crippen LogP contribution in [0.4, 0.5) is 11.6 Å². The van der Waals surface area contributed by atoms with Crippen molar-refractivity contribution in [3.05, 3.63) is 80.4 Å². The van der Waals surface area contributed by atoms with Crippen LogP contribution in [0.2, 0.25) is 5.15 Å². The van der Waals surface area contributed by atoms with Gasteiger partial charge in [0.1, 0.15) is 5.15 Å². The number of hydrogen-bond acceptors (Lipinski definition) is 10. The molecule has 4 heterocycles. The molecule has 1 unspecified atom stereocenters. The molecule has 3 aromatic heterocycles. The van der Waals surface area contributed by atoms with Crippen LogP contribution >= 0.6 is 11.6 Å². The Kier molecular flexibility index (Phi) is 7.12. The molecule has 4 aromatic rings. The number of fused-ring (bicyclic) bond motifs is 2. The summed E-state index contributed by atoms with van der Waals surface area (Å²) in [4.78, 5) is 46.6. The molecule has 1 amide bonds.